The average Bonchev–Trinajstić information content (AvgIpc) is 2.71. The van der Waals surface area contributed by atoms with Crippen molar-refractivity contribution in [3.63, 3.8) is 0 Å². The third-order valence-corrected chi connectivity index (χ3v) is 3.61. The van der Waals surface area contributed by atoms with Crippen molar-refractivity contribution in [2.24, 2.45) is 0 Å². The summed E-state index contributed by atoms with van der Waals surface area (Å²) in [7, 11) is 0. The Labute approximate surface area is 132 Å². The second-order valence-corrected chi connectivity index (χ2v) is 5.36. The fourth-order valence-corrected chi connectivity index (χ4v) is 2.44. The normalized spacial score (nSPS) is 14.9. The van der Waals surface area contributed by atoms with E-state index in [0.29, 0.717) is 16.4 Å². The molecule has 0 unspecified atom stereocenters. The SMILES string of the molecule is Cc1ccc(N2C(=O)C(=N)N(c3cccc(Cl)c3)C2=O)cc1. The highest BCUT2D eigenvalue weighted by Crippen LogP contribution is 2.28. The molecule has 2 aromatic rings. The van der Waals surface area contributed by atoms with Gasteiger partial charge >= 0.3 is 11.9 Å². The molecular formula is C16H12ClN3O2. The first-order chi connectivity index (χ1) is 10.5. The average molecular weight is 314 g/mol. The molecule has 0 saturated carbocycles. The maximum absolute atomic E-state index is 12.6. The first kappa shape index (κ1) is 14.3. The molecule has 1 saturated heterocycles. The number of rotatable bonds is 2. The number of hydrogen-bond donors (Lipinski definition) is 1. The van der Waals surface area contributed by atoms with Gasteiger partial charge in [0.25, 0.3) is 0 Å². The zero-order chi connectivity index (χ0) is 15.9. The Kier molecular flexibility index (Phi) is 3.42. The molecule has 1 aliphatic rings. The lowest BCUT2D eigenvalue weighted by Gasteiger charge is -2.16. The van der Waals surface area contributed by atoms with Crippen LogP contribution in [0, 0.1) is 12.3 Å². The van der Waals surface area contributed by atoms with Crippen LogP contribution < -0.4 is 9.80 Å². The van der Waals surface area contributed by atoms with Gasteiger partial charge < -0.3 is 0 Å². The molecule has 3 amide bonds. The highest BCUT2D eigenvalue weighted by molar-refractivity contribution is 6.61. The molecule has 0 aromatic heterocycles. The van der Waals surface area contributed by atoms with E-state index in [1.165, 1.54) is 0 Å². The lowest BCUT2D eigenvalue weighted by Crippen LogP contribution is -2.33. The Bertz CT molecular complexity index is 786. The Balaban J connectivity index is 2.02. The Morgan fingerprint density at radius 1 is 0.955 bits per heavy atom. The van der Waals surface area contributed by atoms with Gasteiger partial charge in [0.15, 0.2) is 0 Å². The van der Waals surface area contributed by atoms with Crippen molar-refractivity contribution < 1.29 is 9.59 Å². The number of urea groups is 1. The van der Waals surface area contributed by atoms with E-state index < -0.39 is 17.8 Å². The van der Waals surface area contributed by atoms with Gasteiger partial charge in [0.2, 0.25) is 5.84 Å². The van der Waals surface area contributed by atoms with Crippen LogP contribution in [0.5, 0.6) is 0 Å². The highest BCUT2D eigenvalue weighted by Gasteiger charge is 2.43. The van der Waals surface area contributed by atoms with E-state index in [1.807, 2.05) is 19.1 Å². The summed E-state index contributed by atoms with van der Waals surface area (Å²) in [6.07, 6.45) is 0. The summed E-state index contributed by atoms with van der Waals surface area (Å²) in [6, 6.07) is 12.9. The van der Waals surface area contributed by atoms with Gasteiger partial charge in [-0.05, 0) is 37.3 Å². The number of benzene rings is 2. The summed E-state index contributed by atoms with van der Waals surface area (Å²) in [4.78, 5) is 26.9. The summed E-state index contributed by atoms with van der Waals surface area (Å²) >= 11 is 5.92. The van der Waals surface area contributed by atoms with Gasteiger partial charge in [-0.3, -0.25) is 10.2 Å². The summed E-state index contributed by atoms with van der Waals surface area (Å²) in [5.41, 5.74) is 1.85. The topological polar surface area (TPSA) is 64.5 Å². The molecule has 1 aliphatic heterocycles. The monoisotopic (exact) mass is 313 g/mol. The van der Waals surface area contributed by atoms with Crippen LogP contribution in [0.3, 0.4) is 0 Å². The standard InChI is InChI=1S/C16H12ClN3O2/c1-10-5-7-12(8-6-10)20-15(21)14(18)19(16(20)22)13-4-2-3-11(17)9-13/h2-9,18H,1H3. The number of nitrogens with zero attached hydrogens (tertiary/aromatic N) is 2. The summed E-state index contributed by atoms with van der Waals surface area (Å²) < 4.78 is 0. The number of anilines is 2. The van der Waals surface area contributed by atoms with Crippen molar-refractivity contribution in [1.29, 1.82) is 5.41 Å². The van der Waals surface area contributed by atoms with Crippen molar-refractivity contribution in [2.75, 3.05) is 9.80 Å². The van der Waals surface area contributed by atoms with Gasteiger partial charge in [0, 0.05) is 5.02 Å². The van der Waals surface area contributed by atoms with Crippen LogP contribution in [0.2, 0.25) is 5.02 Å². The number of amidine groups is 1. The summed E-state index contributed by atoms with van der Waals surface area (Å²) in [6.45, 7) is 1.91. The fraction of sp³-hybridized carbons (Fsp3) is 0.0625. The van der Waals surface area contributed by atoms with Crippen LogP contribution in [0.1, 0.15) is 5.56 Å². The van der Waals surface area contributed by atoms with E-state index in [4.69, 9.17) is 17.0 Å². The van der Waals surface area contributed by atoms with Crippen molar-refractivity contribution in [3.05, 3.63) is 59.1 Å². The smallest absolute Gasteiger partial charge is 0.279 e. The Morgan fingerprint density at radius 3 is 2.27 bits per heavy atom. The van der Waals surface area contributed by atoms with E-state index in [0.717, 1.165) is 15.4 Å². The van der Waals surface area contributed by atoms with Gasteiger partial charge in [0.05, 0.1) is 11.4 Å². The van der Waals surface area contributed by atoms with Gasteiger partial charge in [-0.1, -0.05) is 35.4 Å². The number of amides is 3. The number of carbonyl (C=O) groups excluding carboxylic acids is 2. The molecule has 0 bridgehead atoms. The first-order valence-corrected chi connectivity index (χ1v) is 6.96. The highest BCUT2D eigenvalue weighted by atomic mass is 35.5. The zero-order valence-corrected chi connectivity index (χ0v) is 12.5. The lowest BCUT2D eigenvalue weighted by atomic mass is 10.2. The van der Waals surface area contributed by atoms with E-state index in [9.17, 15) is 9.59 Å². The molecule has 6 heteroatoms. The third kappa shape index (κ3) is 2.25. The number of hydrogen-bond acceptors (Lipinski definition) is 3. The predicted octanol–water partition coefficient (Wildman–Crippen LogP) is 3.60. The molecule has 1 fully saturated rings. The number of aryl methyl sites for hydroxylation is 1. The minimum absolute atomic E-state index is 0.394. The van der Waals surface area contributed by atoms with E-state index in [1.54, 1.807) is 36.4 Å². The van der Waals surface area contributed by atoms with Crippen LogP contribution in [0.4, 0.5) is 16.2 Å². The minimum Gasteiger partial charge on any atom is -0.279 e. The molecular weight excluding hydrogens is 302 g/mol. The van der Waals surface area contributed by atoms with Crippen molar-refractivity contribution in [3.8, 4) is 0 Å². The van der Waals surface area contributed by atoms with Crippen LogP contribution in [-0.4, -0.2) is 17.8 Å². The van der Waals surface area contributed by atoms with Gasteiger partial charge in [-0.2, -0.15) is 0 Å². The molecule has 3 rings (SSSR count). The second-order valence-electron chi connectivity index (χ2n) is 4.92. The van der Waals surface area contributed by atoms with Gasteiger partial charge in [0.1, 0.15) is 0 Å². The molecule has 0 radical (unpaired) electrons. The molecule has 22 heavy (non-hydrogen) atoms. The largest absolute Gasteiger partial charge is 0.342 e. The summed E-state index contributed by atoms with van der Waals surface area (Å²) in [5, 5.41) is 8.37. The van der Waals surface area contributed by atoms with Crippen molar-refractivity contribution >= 4 is 40.7 Å². The number of nitrogens with one attached hydrogen (secondary N) is 1. The molecule has 0 spiro atoms. The molecule has 2 aromatic carbocycles. The fourth-order valence-electron chi connectivity index (χ4n) is 2.26. The molecule has 1 N–H and O–H groups in total. The van der Waals surface area contributed by atoms with E-state index >= 15 is 0 Å². The molecule has 5 nitrogen and oxygen atoms in total. The van der Waals surface area contributed by atoms with E-state index in [2.05, 4.69) is 0 Å². The Morgan fingerprint density at radius 2 is 1.64 bits per heavy atom. The van der Waals surface area contributed by atoms with Gasteiger partial charge in [-0.25, -0.2) is 14.6 Å². The van der Waals surface area contributed by atoms with Crippen LogP contribution in [-0.2, 0) is 4.79 Å². The van der Waals surface area contributed by atoms with E-state index in [-0.39, 0.29) is 0 Å². The predicted molar refractivity (Wildman–Crippen MR) is 85.7 cm³/mol. The lowest BCUT2D eigenvalue weighted by molar-refractivity contribution is -0.111. The second kappa shape index (κ2) is 5.27. The zero-order valence-electron chi connectivity index (χ0n) is 11.7. The van der Waals surface area contributed by atoms with Crippen molar-refractivity contribution in [2.45, 2.75) is 6.92 Å². The first-order valence-electron chi connectivity index (χ1n) is 6.58. The van der Waals surface area contributed by atoms with Crippen molar-refractivity contribution in [1.82, 2.24) is 0 Å². The molecule has 110 valence electrons. The van der Waals surface area contributed by atoms with Crippen LogP contribution in [0.25, 0.3) is 0 Å². The quantitative estimate of drug-likeness (QED) is 0.861. The van der Waals surface area contributed by atoms with Gasteiger partial charge in [-0.15, -0.1) is 0 Å². The Hall–Kier alpha value is -2.66. The maximum Gasteiger partial charge on any atom is 0.342 e. The van der Waals surface area contributed by atoms with Crippen LogP contribution >= 0.6 is 11.6 Å². The van der Waals surface area contributed by atoms with Crippen LogP contribution in [0.15, 0.2) is 48.5 Å². The molecule has 0 aliphatic carbocycles. The number of carbonyl (C=O) groups is 2. The maximum atomic E-state index is 12.6. The number of imide groups is 1. The third-order valence-electron chi connectivity index (χ3n) is 3.37. The molecule has 0 atom stereocenters. The number of halogens is 1. The minimum atomic E-state index is -0.658. The molecule has 1 heterocycles. The summed E-state index contributed by atoms with van der Waals surface area (Å²) in [5.74, 6) is -1.05.